The number of nitrogens with zero attached hydrogens (tertiary/aromatic N) is 1. The van der Waals surface area contributed by atoms with Crippen molar-refractivity contribution in [2.45, 2.75) is 12.8 Å². The number of hydrazone groups is 1. The first kappa shape index (κ1) is 21.5. The largest absolute Gasteiger partial charge is 0.493 e. The Hall–Kier alpha value is -3.19. The molecule has 0 saturated heterocycles. The maximum atomic E-state index is 12.6. The van der Waals surface area contributed by atoms with Crippen LogP contribution in [-0.4, -0.2) is 13.3 Å². The van der Waals surface area contributed by atoms with E-state index in [4.69, 9.17) is 21.1 Å². The van der Waals surface area contributed by atoms with Gasteiger partial charge in [-0.2, -0.15) is 18.3 Å². The molecule has 0 fully saturated rings. The molecule has 0 spiro atoms. The third-order valence-electron chi connectivity index (χ3n) is 4.17. The monoisotopic (exact) mass is 434 g/mol. The average Bonchev–Trinajstić information content (AvgIpc) is 2.73. The Bertz CT molecular complexity index is 1020. The highest BCUT2D eigenvalue weighted by molar-refractivity contribution is 6.31. The predicted octanol–water partition coefficient (Wildman–Crippen LogP) is 6.39. The third-order valence-corrected chi connectivity index (χ3v) is 4.54. The van der Waals surface area contributed by atoms with Crippen molar-refractivity contribution in [1.29, 1.82) is 0 Å². The minimum atomic E-state index is -4.38. The zero-order valence-corrected chi connectivity index (χ0v) is 16.7. The minimum absolute atomic E-state index is 0.229. The molecule has 0 aromatic heterocycles. The van der Waals surface area contributed by atoms with Crippen LogP contribution in [0.1, 0.15) is 16.7 Å². The van der Waals surface area contributed by atoms with Crippen LogP contribution < -0.4 is 14.9 Å². The van der Waals surface area contributed by atoms with Gasteiger partial charge >= 0.3 is 6.18 Å². The number of hydrogen-bond donors (Lipinski definition) is 1. The Labute approximate surface area is 176 Å². The first-order chi connectivity index (χ1) is 14.4. The van der Waals surface area contributed by atoms with Gasteiger partial charge in [0.25, 0.3) is 0 Å². The van der Waals surface area contributed by atoms with Crippen LogP contribution >= 0.6 is 11.6 Å². The van der Waals surface area contributed by atoms with Crippen molar-refractivity contribution in [2.24, 2.45) is 5.10 Å². The van der Waals surface area contributed by atoms with E-state index in [1.165, 1.54) is 25.5 Å². The maximum Gasteiger partial charge on any atom is 0.416 e. The Balaban J connectivity index is 1.74. The molecule has 8 heteroatoms. The van der Waals surface area contributed by atoms with Gasteiger partial charge in [0.05, 0.1) is 24.6 Å². The Morgan fingerprint density at radius 2 is 1.73 bits per heavy atom. The number of benzene rings is 3. The SMILES string of the molecule is COc1cccc(C=NNc2ccc(C(F)(F)F)cc2)c1OCc1ccccc1Cl. The molecule has 3 aromatic rings. The fourth-order valence-corrected chi connectivity index (χ4v) is 2.82. The van der Waals surface area contributed by atoms with Crippen LogP contribution in [0, 0.1) is 0 Å². The van der Waals surface area contributed by atoms with Crippen LogP contribution in [0.15, 0.2) is 71.8 Å². The lowest BCUT2D eigenvalue weighted by Crippen LogP contribution is -2.04. The fraction of sp³-hybridized carbons (Fsp3) is 0.136. The van der Waals surface area contributed by atoms with Gasteiger partial charge in [-0.15, -0.1) is 0 Å². The number of methoxy groups -OCH3 is 1. The highest BCUT2D eigenvalue weighted by Crippen LogP contribution is 2.32. The van der Waals surface area contributed by atoms with E-state index in [9.17, 15) is 13.2 Å². The van der Waals surface area contributed by atoms with Crippen molar-refractivity contribution in [3.05, 3.63) is 88.4 Å². The van der Waals surface area contributed by atoms with Gasteiger partial charge in [-0.05, 0) is 42.5 Å². The number of alkyl halides is 3. The molecule has 0 amide bonds. The Kier molecular flexibility index (Phi) is 6.84. The number of ether oxygens (including phenoxy) is 2. The van der Waals surface area contributed by atoms with Gasteiger partial charge in [0.2, 0.25) is 0 Å². The third kappa shape index (κ3) is 5.45. The van der Waals surface area contributed by atoms with E-state index in [0.29, 0.717) is 27.8 Å². The molecule has 1 N–H and O–H groups in total. The summed E-state index contributed by atoms with van der Waals surface area (Å²) in [6.07, 6.45) is -2.88. The summed E-state index contributed by atoms with van der Waals surface area (Å²) in [5, 5.41) is 4.68. The summed E-state index contributed by atoms with van der Waals surface area (Å²) in [6.45, 7) is 0.229. The second-order valence-corrected chi connectivity index (χ2v) is 6.61. The van der Waals surface area contributed by atoms with Gasteiger partial charge in [0, 0.05) is 16.1 Å². The number of nitrogens with one attached hydrogen (secondary N) is 1. The van der Waals surface area contributed by atoms with Crippen molar-refractivity contribution < 1.29 is 22.6 Å². The van der Waals surface area contributed by atoms with Crippen LogP contribution in [0.3, 0.4) is 0 Å². The molecule has 4 nitrogen and oxygen atoms in total. The van der Waals surface area contributed by atoms with Crippen LogP contribution in [0.4, 0.5) is 18.9 Å². The standard InChI is InChI=1S/C22H18ClF3N2O2/c1-29-20-8-4-6-15(21(20)30-14-16-5-2-3-7-19(16)23)13-27-28-18-11-9-17(10-12-18)22(24,25)26/h2-13,28H,14H2,1H3. The molecule has 3 rings (SSSR count). The zero-order chi connectivity index (χ0) is 21.6. The van der Waals surface area contributed by atoms with Crippen molar-refractivity contribution in [3.63, 3.8) is 0 Å². The van der Waals surface area contributed by atoms with E-state index in [0.717, 1.165) is 17.7 Å². The Morgan fingerprint density at radius 1 is 1.00 bits per heavy atom. The van der Waals surface area contributed by atoms with Gasteiger partial charge in [-0.25, -0.2) is 0 Å². The number of anilines is 1. The van der Waals surface area contributed by atoms with Crippen molar-refractivity contribution in [2.75, 3.05) is 12.5 Å². The number of para-hydroxylation sites is 1. The summed E-state index contributed by atoms with van der Waals surface area (Å²) >= 11 is 6.18. The average molecular weight is 435 g/mol. The zero-order valence-electron chi connectivity index (χ0n) is 15.9. The first-order valence-electron chi connectivity index (χ1n) is 8.88. The summed E-state index contributed by atoms with van der Waals surface area (Å²) in [6, 6.07) is 17.2. The second-order valence-electron chi connectivity index (χ2n) is 6.20. The van der Waals surface area contributed by atoms with Gasteiger partial charge in [-0.1, -0.05) is 35.9 Å². The smallest absolute Gasteiger partial charge is 0.416 e. The van der Waals surface area contributed by atoms with E-state index >= 15 is 0 Å². The molecular weight excluding hydrogens is 417 g/mol. The number of halogens is 4. The molecular formula is C22H18ClF3N2O2. The normalized spacial score (nSPS) is 11.5. The van der Waals surface area contributed by atoms with E-state index in [2.05, 4.69) is 10.5 Å². The molecule has 0 heterocycles. The van der Waals surface area contributed by atoms with Gasteiger partial charge < -0.3 is 9.47 Å². The van der Waals surface area contributed by atoms with Crippen molar-refractivity contribution >= 4 is 23.5 Å². The topological polar surface area (TPSA) is 42.8 Å². The van der Waals surface area contributed by atoms with Gasteiger partial charge in [0.15, 0.2) is 11.5 Å². The molecule has 0 bridgehead atoms. The molecule has 0 atom stereocenters. The molecule has 156 valence electrons. The maximum absolute atomic E-state index is 12.6. The van der Waals surface area contributed by atoms with E-state index < -0.39 is 11.7 Å². The molecule has 0 aliphatic heterocycles. The molecule has 0 radical (unpaired) electrons. The van der Waals surface area contributed by atoms with Gasteiger partial charge in [-0.3, -0.25) is 5.43 Å². The van der Waals surface area contributed by atoms with Crippen LogP contribution in [0.25, 0.3) is 0 Å². The van der Waals surface area contributed by atoms with Crippen LogP contribution in [0.5, 0.6) is 11.5 Å². The molecule has 0 unspecified atom stereocenters. The van der Waals surface area contributed by atoms with Crippen LogP contribution in [0.2, 0.25) is 5.02 Å². The number of rotatable bonds is 7. The summed E-state index contributed by atoms with van der Waals surface area (Å²) in [5.41, 5.74) is 3.84. The Morgan fingerprint density at radius 3 is 2.40 bits per heavy atom. The molecule has 0 aliphatic carbocycles. The molecule has 0 aliphatic rings. The molecule has 3 aromatic carbocycles. The summed E-state index contributed by atoms with van der Waals surface area (Å²) in [5.74, 6) is 0.985. The second kappa shape index (κ2) is 9.54. The van der Waals surface area contributed by atoms with E-state index in [-0.39, 0.29) is 6.61 Å². The quantitative estimate of drug-likeness (QED) is 0.346. The summed E-state index contributed by atoms with van der Waals surface area (Å²) in [7, 11) is 1.53. The fourth-order valence-electron chi connectivity index (χ4n) is 2.63. The lowest BCUT2D eigenvalue weighted by molar-refractivity contribution is -0.137. The molecule has 30 heavy (non-hydrogen) atoms. The highest BCUT2D eigenvalue weighted by atomic mass is 35.5. The minimum Gasteiger partial charge on any atom is -0.493 e. The van der Waals surface area contributed by atoms with Crippen molar-refractivity contribution in [1.82, 2.24) is 0 Å². The van der Waals surface area contributed by atoms with Crippen LogP contribution in [-0.2, 0) is 12.8 Å². The summed E-state index contributed by atoms with van der Waals surface area (Å²) < 4.78 is 49.2. The lowest BCUT2D eigenvalue weighted by atomic mass is 10.2. The summed E-state index contributed by atoms with van der Waals surface area (Å²) in [4.78, 5) is 0. The molecule has 0 saturated carbocycles. The van der Waals surface area contributed by atoms with E-state index in [1.807, 2.05) is 18.2 Å². The number of hydrogen-bond acceptors (Lipinski definition) is 4. The predicted molar refractivity (Wildman–Crippen MR) is 111 cm³/mol. The van der Waals surface area contributed by atoms with E-state index in [1.54, 1.807) is 24.3 Å². The van der Waals surface area contributed by atoms with Gasteiger partial charge in [0.1, 0.15) is 6.61 Å². The van der Waals surface area contributed by atoms with Crippen molar-refractivity contribution in [3.8, 4) is 11.5 Å². The highest BCUT2D eigenvalue weighted by Gasteiger charge is 2.29. The first-order valence-corrected chi connectivity index (χ1v) is 9.26. The lowest BCUT2D eigenvalue weighted by Gasteiger charge is -2.14.